The van der Waals surface area contributed by atoms with Gasteiger partial charge in [0.2, 0.25) is 0 Å². The average molecular weight is 254 g/mol. The van der Waals surface area contributed by atoms with Gasteiger partial charge in [-0.3, -0.25) is 14.9 Å². The van der Waals surface area contributed by atoms with Crippen LogP contribution in [0, 0.1) is 10.1 Å². The van der Waals surface area contributed by atoms with E-state index in [4.69, 9.17) is 4.74 Å². The number of pyridine rings is 1. The molecule has 1 aromatic heterocycles. The van der Waals surface area contributed by atoms with Gasteiger partial charge in [0, 0.05) is 26.8 Å². The van der Waals surface area contributed by atoms with E-state index in [2.05, 4.69) is 15.6 Å². The molecule has 8 nitrogen and oxygen atoms in total. The first-order valence-corrected chi connectivity index (χ1v) is 5.19. The Labute approximate surface area is 104 Å². The Bertz CT molecular complexity index is 450. The van der Waals surface area contributed by atoms with Gasteiger partial charge in [-0.15, -0.1) is 0 Å². The number of nitro groups is 1. The number of carbonyl (C=O) groups excluding carboxylic acids is 1. The number of ether oxygens (including phenoxy) is 1. The van der Waals surface area contributed by atoms with E-state index < -0.39 is 10.8 Å². The van der Waals surface area contributed by atoms with Crippen molar-refractivity contribution < 1.29 is 14.5 Å². The zero-order valence-corrected chi connectivity index (χ0v) is 10.1. The minimum absolute atomic E-state index is 0.0320. The highest BCUT2D eigenvalue weighted by atomic mass is 16.6. The van der Waals surface area contributed by atoms with Crippen LogP contribution in [-0.2, 0) is 4.74 Å². The van der Waals surface area contributed by atoms with Gasteiger partial charge >= 0.3 is 0 Å². The summed E-state index contributed by atoms with van der Waals surface area (Å²) in [7, 11) is 3.11. The Morgan fingerprint density at radius 3 is 2.89 bits per heavy atom. The maximum atomic E-state index is 11.8. The highest BCUT2D eigenvalue weighted by Gasteiger charge is 2.21. The number of nitrogens with zero attached hydrogens (tertiary/aromatic N) is 2. The van der Waals surface area contributed by atoms with Crippen molar-refractivity contribution in [1.29, 1.82) is 0 Å². The average Bonchev–Trinajstić information content (AvgIpc) is 2.38. The molecular formula is C10H14N4O4. The van der Waals surface area contributed by atoms with Gasteiger partial charge in [-0.05, 0) is 0 Å². The summed E-state index contributed by atoms with van der Waals surface area (Å²) in [5.74, 6) is -0.143. The highest BCUT2D eigenvalue weighted by molar-refractivity contribution is 5.98. The largest absolute Gasteiger partial charge is 0.383 e. The lowest BCUT2D eigenvalue weighted by Crippen LogP contribution is -2.27. The van der Waals surface area contributed by atoms with E-state index in [0.29, 0.717) is 12.4 Å². The molecule has 0 saturated heterocycles. The number of nitrogens with one attached hydrogen (secondary N) is 2. The summed E-state index contributed by atoms with van der Waals surface area (Å²) < 4.78 is 4.78. The van der Waals surface area contributed by atoms with Gasteiger partial charge in [-0.2, -0.15) is 0 Å². The molecule has 0 aliphatic rings. The minimum atomic E-state index is -0.641. The van der Waals surface area contributed by atoms with Crippen LogP contribution in [-0.4, -0.2) is 43.1 Å². The molecule has 1 heterocycles. The predicted octanol–water partition coefficient (Wildman–Crippen LogP) is 0.408. The second-order valence-electron chi connectivity index (χ2n) is 3.34. The van der Waals surface area contributed by atoms with E-state index in [1.54, 1.807) is 7.05 Å². The molecule has 1 aromatic rings. The fourth-order valence-corrected chi connectivity index (χ4v) is 1.27. The molecule has 1 amide bonds. The molecule has 0 atom stereocenters. The lowest BCUT2D eigenvalue weighted by Gasteiger charge is -2.06. The summed E-state index contributed by atoms with van der Waals surface area (Å²) in [6.07, 6.45) is 1.05. The summed E-state index contributed by atoms with van der Waals surface area (Å²) in [4.78, 5) is 25.7. The van der Waals surface area contributed by atoms with Crippen molar-refractivity contribution in [3.63, 3.8) is 0 Å². The van der Waals surface area contributed by atoms with Gasteiger partial charge in [0.05, 0.1) is 11.5 Å². The van der Waals surface area contributed by atoms with Crippen molar-refractivity contribution in [1.82, 2.24) is 10.3 Å². The van der Waals surface area contributed by atoms with Crippen molar-refractivity contribution in [2.45, 2.75) is 0 Å². The number of carbonyl (C=O) groups is 1. The third-order valence-corrected chi connectivity index (χ3v) is 2.17. The normalized spacial score (nSPS) is 9.89. The van der Waals surface area contributed by atoms with Gasteiger partial charge < -0.3 is 15.4 Å². The number of anilines is 1. The molecule has 0 radical (unpaired) electrons. The van der Waals surface area contributed by atoms with E-state index in [0.717, 1.165) is 6.20 Å². The fourth-order valence-electron chi connectivity index (χ4n) is 1.27. The van der Waals surface area contributed by atoms with Crippen molar-refractivity contribution in [2.24, 2.45) is 0 Å². The molecular weight excluding hydrogens is 240 g/mol. The fraction of sp³-hybridized carbons (Fsp3) is 0.400. The van der Waals surface area contributed by atoms with Crippen LogP contribution in [0.15, 0.2) is 12.3 Å². The molecule has 8 heteroatoms. The third-order valence-electron chi connectivity index (χ3n) is 2.17. The lowest BCUT2D eigenvalue weighted by molar-refractivity contribution is -0.385. The number of aromatic nitrogens is 1. The van der Waals surface area contributed by atoms with Crippen LogP contribution >= 0.6 is 0 Å². The molecule has 1 rings (SSSR count). The standard InChI is InChI=1S/C10H14N4O4/c1-11-9-5-7(8(6-13-9)14(16)17)10(15)12-3-4-18-2/h5-6H,3-4H2,1-2H3,(H,11,13)(H,12,15). The molecule has 0 bridgehead atoms. The zero-order valence-electron chi connectivity index (χ0n) is 10.1. The molecule has 0 unspecified atom stereocenters. The second-order valence-corrected chi connectivity index (χ2v) is 3.34. The third kappa shape index (κ3) is 3.39. The predicted molar refractivity (Wildman–Crippen MR) is 64.6 cm³/mol. The quantitative estimate of drug-likeness (QED) is 0.432. The molecule has 98 valence electrons. The minimum Gasteiger partial charge on any atom is -0.383 e. The van der Waals surface area contributed by atoms with Crippen molar-refractivity contribution in [3.05, 3.63) is 27.9 Å². The van der Waals surface area contributed by atoms with Crippen molar-refractivity contribution in [2.75, 3.05) is 32.6 Å². The first-order chi connectivity index (χ1) is 8.60. The van der Waals surface area contributed by atoms with E-state index >= 15 is 0 Å². The van der Waals surface area contributed by atoms with E-state index in [1.165, 1.54) is 13.2 Å². The number of hydrogen-bond donors (Lipinski definition) is 2. The summed E-state index contributed by atoms with van der Waals surface area (Å²) in [6.45, 7) is 0.618. The Morgan fingerprint density at radius 2 is 2.33 bits per heavy atom. The Balaban J connectivity index is 2.96. The molecule has 2 N–H and O–H groups in total. The van der Waals surface area contributed by atoms with Crippen LogP contribution in [0.2, 0.25) is 0 Å². The van der Waals surface area contributed by atoms with Crippen LogP contribution in [0.25, 0.3) is 0 Å². The van der Waals surface area contributed by atoms with Gasteiger partial charge in [0.15, 0.2) is 0 Å². The van der Waals surface area contributed by atoms with Crippen molar-refractivity contribution >= 4 is 17.4 Å². The molecule has 0 saturated carbocycles. The second kappa shape index (κ2) is 6.50. The number of rotatable bonds is 6. The van der Waals surface area contributed by atoms with Gasteiger partial charge in [0.25, 0.3) is 11.6 Å². The van der Waals surface area contributed by atoms with Crippen LogP contribution in [0.3, 0.4) is 0 Å². The summed E-state index contributed by atoms with van der Waals surface area (Å²) in [5.41, 5.74) is -0.362. The summed E-state index contributed by atoms with van der Waals surface area (Å²) in [6, 6.07) is 1.33. The first kappa shape index (κ1) is 13.8. The zero-order chi connectivity index (χ0) is 13.5. The maximum Gasteiger partial charge on any atom is 0.300 e. The number of amides is 1. The Morgan fingerprint density at radius 1 is 1.61 bits per heavy atom. The number of methoxy groups -OCH3 is 1. The maximum absolute atomic E-state index is 11.8. The monoisotopic (exact) mass is 254 g/mol. The highest BCUT2D eigenvalue weighted by Crippen LogP contribution is 2.19. The van der Waals surface area contributed by atoms with Crippen LogP contribution < -0.4 is 10.6 Å². The van der Waals surface area contributed by atoms with Gasteiger partial charge in [-0.1, -0.05) is 0 Å². The number of hydrogen-bond acceptors (Lipinski definition) is 6. The van der Waals surface area contributed by atoms with Crippen molar-refractivity contribution in [3.8, 4) is 0 Å². The molecule has 0 spiro atoms. The van der Waals surface area contributed by atoms with E-state index in [9.17, 15) is 14.9 Å². The van der Waals surface area contributed by atoms with Crippen LogP contribution in [0.4, 0.5) is 11.5 Å². The smallest absolute Gasteiger partial charge is 0.300 e. The van der Waals surface area contributed by atoms with E-state index in [1.807, 2.05) is 0 Å². The molecule has 0 fully saturated rings. The lowest BCUT2D eigenvalue weighted by atomic mass is 10.2. The SMILES string of the molecule is CNc1cc(C(=O)NCCOC)c([N+](=O)[O-])cn1. The van der Waals surface area contributed by atoms with E-state index in [-0.39, 0.29) is 17.8 Å². The van der Waals surface area contributed by atoms with Gasteiger partial charge in [0.1, 0.15) is 17.6 Å². The van der Waals surface area contributed by atoms with Crippen LogP contribution in [0.1, 0.15) is 10.4 Å². The van der Waals surface area contributed by atoms with Crippen LogP contribution in [0.5, 0.6) is 0 Å². The summed E-state index contributed by atoms with van der Waals surface area (Å²) >= 11 is 0. The Kier molecular flexibility index (Phi) is 5.00. The Hall–Kier alpha value is -2.22. The summed E-state index contributed by atoms with van der Waals surface area (Å²) in [5, 5.41) is 16.0. The first-order valence-electron chi connectivity index (χ1n) is 5.19. The molecule has 18 heavy (non-hydrogen) atoms. The molecule has 0 aromatic carbocycles. The van der Waals surface area contributed by atoms with Gasteiger partial charge in [-0.25, -0.2) is 4.98 Å². The molecule has 0 aliphatic heterocycles. The topological polar surface area (TPSA) is 106 Å². The molecule has 0 aliphatic carbocycles.